The second-order valence-electron chi connectivity index (χ2n) is 5.34. The van der Waals surface area contributed by atoms with Gasteiger partial charge >= 0.3 is 5.97 Å². The van der Waals surface area contributed by atoms with E-state index in [4.69, 9.17) is 0 Å². The summed E-state index contributed by atoms with van der Waals surface area (Å²) in [6.07, 6.45) is 5.28. The van der Waals surface area contributed by atoms with E-state index in [1.165, 1.54) is 0 Å². The number of aryl methyl sites for hydroxylation is 1. The second-order valence-corrected chi connectivity index (χ2v) is 5.34. The van der Waals surface area contributed by atoms with Gasteiger partial charge in [-0.25, -0.2) is 14.8 Å². The highest BCUT2D eigenvalue weighted by Gasteiger charge is 2.24. The van der Waals surface area contributed by atoms with Crippen molar-refractivity contribution in [2.75, 3.05) is 18.0 Å². The molecule has 2 aromatic rings. The predicted octanol–water partition coefficient (Wildman–Crippen LogP) is 2.13. The number of carboxylic acids is 1. The van der Waals surface area contributed by atoms with Gasteiger partial charge in [-0.05, 0) is 31.9 Å². The minimum absolute atomic E-state index is 0.241. The van der Waals surface area contributed by atoms with E-state index in [1.807, 2.05) is 23.8 Å². The summed E-state index contributed by atoms with van der Waals surface area (Å²) < 4.78 is 1.88. The van der Waals surface area contributed by atoms with Crippen molar-refractivity contribution in [2.45, 2.75) is 25.8 Å². The number of aromatic nitrogens is 3. The van der Waals surface area contributed by atoms with Crippen molar-refractivity contribution in [3.8, 4) is 0 Å². The highest BCUT2D eigenvalue weighted by Crippen LogP contribution is 2.27. The predicted molar refractivity (Wildman–Crippen MR) is 78.6 cm³/mol. The first kappa shape index (κ1) is 13.6. The fourth-order valence-electron chi connectivity index (χ4n) is 2.88. The lowest BCUT2D eigenvalue weighted by molar-refractivity contribution is 0.0681. The molecule has 3 heterocycles. The molecule has 1 aliphatic rings. The summed E-state index contributed by atoms with van der Waals surface area (Å²) in [6.45, 7) is 3.70. The van der Waals surface area contributed by atoms with E-state index in [0.29, 0.717) is 5.69 Å². The molecule has 0 atom stereocenters. The lowest BCUT2D eigenvalue weighted by Gasteiger charge is -2.34. The van der Waals surface area contributed by atoms with Crippen molar-refractivity contribution >= 4 is 11.8 Å². The normalized spacial score (nSPS) is 16.1. The molecule has 6 nitrogen and oxygen atoms in total. The fourth-order valence-corrected chi connectivity index (χ4v) is 2.88. The van der Waals surface area contributed by atoms with E-state index < -0.39 is 5.97 Å². The van der Waals surface area contributed by atoms with E-state index in [2.05, 4.69) is 14.9 Å². The smallest absolute Gasteiger partial charge is 0.352 e. The molecule has 1 fully saturated rings. The molecule has 2 aromatic heterocycles. The van der Waals surface area contributed by atoms with E-state index >= 15 is 0 Å². The average Bonchev–Trinajstić information content (AvgIpc) is 2.97. The van der Waals surface area contributed by atoms with Gasteiger partial charge in [0.05, 0.1) is 0 Å². The van der Waals surface area contributed by atoms with Crippen LogP contribution in [0.4, 0.5) is 5.82 Å². The lowest BCUT2D eigenvalue weighted by atomic mass is 10.0. The maximum absolute atomic E-state index is 11.2. The number of hydrogen-bond donors (Lipinski definition) is 1. The minimum Gasteiger partial charge on any atom is -0.477 e. The summed E-state index contributed by atoms with van der Waals surface area (Å²) in [5, 5.41) is 9.20. The van der Waals surface area contributed by atoms with E-state index in [-0.39, 0.29) is 6.04 Å². The van der Waals surface area contributed by atoms with Crippen LogP contribution in [0.25, 0.3) is 0 Å². The van der Waals surface area contributed by atoms with Crippen molar-refractivity contribution in [3.05, 3.63) is 42.1 Å². The lowest BCUT2D eigenvalue weighted by Crippen LogP contribution is -2.35. The third-order valence-corrected chi connectivity index (χ3v) is 3.97. The topological polar surface area (TPSA) is 71.2 Å². The van der Waals surface area contributed by atoms with E-state index in [9.17, 15) is 9.90 Å². The van der Waals surface area contributed by atoms with Gasteiger partial charge in [-0.15, -0.1) is 0 Å². The first-order valence-electron chi connectivity index (χ1n) is 7.09. The number of carboxylic acid groups (broad SMARTS) is 1. The highest BCUT2D eigenvalue weighted by molar-refractivity contribution is 5.85. The van der Waals surface area contributed by atoms with Crippen LogP contribution in [-0.2, 0) is 0 Å². The largest absolute Gasteiger partial charge is 0.477 e. The summed E-state index contributed by atoms with van der Waals surface area (Å²) >= 11 is 0. The molecule has 0 radical (unpaired) electrons. The average molecular weight is 286 g/mol. The Balaban J connectivity index is 1.70. The number of rotatable bonds is 3. The number of nitrogens with zero attached hydrogens (tertiary/aromatic N) is 4. The molecule has 0 bridgehead atoms. The van der Waals surface area contributed by atoms with Crippen LogP contribution < -0.4 is 4.90 Å². The fraction of sp³-hybridized carbons (Fsp3) is 0.400. The maximum atomic E-state index is 11.2. The number of piperidine rings is 1. The summed E-state index contributed by atoms with van der Waals surface area (Å²) in [5.74, 6) is 0.0840. The van der Waals surface area contributed by atoms with Gasteiger partial charge in [-0.3, -0.25) is 0 Å². The Hall–Kier alpha value is -2.37. The third kappa shape index (κ3) is 2.74. The van der Waals surface area contributed by atoms with Crippen molar-refractivity contribution in [1.82, 2.24) is 14.5 Å². The molecule has 21 heavy (non-hydrogen) atoms. The molecule has 1 N–H and O–H groups in total. The summed E-state index contributed by atoms with van der Waals surface area (Å²) in [5.41, 5.74) is 1.33. The Morgan fingerprint density at radius 1 is 1.33 bits per heavy atom. The molecule has 0 aliphatic carbocycles. The molecule has 110 valence electrons. The molecule has 1 saturated heterocycles. The zero-order valence-electron chi connectivity index (χ0n) is 11.9. The molecule has 0 spiro atoms. The molecule has 1 aliphatic heterocycles. The molecule has 0 unspecified atom stereocenters. The van der Waals surface area contributed by atoms with Gasteiger partial charge in [0.15, 0.2) is 0 Å². The summed E-state index contributed by atoms with van der Waals surface area (Å²) in [4.78, 5) is 21.9. The van der Waals surface area contributed by atoms with Crippen LogP contribution in [-0.4, -0.2) is 38.7 Å². The van der Waals surface area contributed by atoms with Crippen LogP contribution in [0, 0.1) is 6.92 Å². The van der Waals surface area contributed by atoms with Gasteiger partial charge < -0.3 is 14.6 Å². The highest BCUT2D eigenvalue weighted by atomic mass is 16.4. The van der Waals surface area contributed by atoms with Crippen molar-refractivity contribution in [2.24, 2.45) is 0 Å². The molecule has 3 rings (SSSR count). The van der Waals surface area contributed by atoms with Gasteiger partial charge in [0.1, 0.15) is 17.8 Å². The number of aromatic carboxylic acids is 1. The molecule has 0 amide bonds. The molecule has 0 saturated carbocycles. The Morgan fingerprint density at radius 3 is 2.76 bits per heavy atom. The van der Waals surface area contributed by atoms with Gasteiger partial charge in [0.2, 0.25) is 0 Å². The van der Waals surface area contributed by atoms with Crippen LogP contribution in [0.2, 0.25) is 0 Å². The standard InChI is InChI=1S/C15H18N4O2/c1-11-9-14(17-10-16-11)18-7-4-12(5-8-18)19-6-2-3-13(19)15(20)21/h2-3,6,9-10,12H,4-5,7-8H2,1H3,(H,20,21). The first-order valence-corrected chi connectivity index (χ1v) is 7.09. The maximum Gasteiger partial charge on any atom is 0.352 e. The Morgan fingerprint density at radius 2 is 2.10 bits per heavy atom. The molecular formula is C15H18N4O2. The second kappa shape index (κ2) is 5.55. The number of carbonyl (C=O) groups is 1. The zero-order valence-corrected chi connectivity index (χ0v) is 11.9. The number of hydrogen-bond acceptors (Lipinski definition) is 4. The van der Waals surface area contributed by atoms with Gasteiger partial charge in [0.25, 0.3) is 0 Å². The van der Waals surface area contributed by atoms with Crippen molar-refractivity contribution in [1.29, 1.82) is 0 Å². The van der Waals surface area contributed by atoms with Crippen LogP contribution in [0.5, 0.6) is 0 Å². The van der Waals surface area contributed by atoms with Gasteiger partial charge in [-0.2, -0.15) is 0 Å². The van der Waals surface area contributed by atoms with Gasteiger partial charge in [-0.1, -0.05) is 0 Å². The first-order chi connectivity index (χ1) is 10.1. The Kier molecular flexibility index (Phi) is 3.60. The van der Waals surface area contributed by atoms with Crippen LogP contribution in [0.1, 0.15) is 35.1 Å². The monoisotopic (exact) mass is 286 g/mol. The number of anilines is 1. The SMILES string of the molecule is Cc1cc(N2CCC(n3cccc3C(=O)O)CC2)ncn1. The Bertz CT molecular complexity index is 645. The molecular weight excluding hydrogens is 268 g/mol. The third-order valence-electron chi connectivity index (χ3n) is 3.97. The minimum atomic E-state index is -0.867. The van der Waals surface area contributed by atoms with Gasteiger partial charge in [0, 0.05) is 37.1 Å². The molecule has 0 aromatic carbocycles. The van der Waals surface area contributed by atoms with E-state index in [0.717, 1.165) is 37.4 Å². The zero-order chi connectivity index (χ0) is 14.8. The molecule has 6 heteroatoms. The van der Waals surface area contributed by atoms with Crippen LogP contribution in [0.15, 0.2) is 30.7 Å². The summed E-state index contributed by atoms with van der Waals surface area (Å²) in [7, 11) is 0. The van der Waals surface area contributed by atoms with Crippen LogP contribution in [0.3, 0.4) is 0 Å². The summed E-state index contributed by atoms with van der Waals surface area (Å²) in [6, 6.07) is 5.68. The van der Waals surface area contributed by atoms with Crippen LogP contribution >= 0.6 is 0 Å². The van der Waals surface area contributed by atoms with Crippen molar-refractivity contribution in [3.63, 3.8) is 0 Å². The quantitative estimate of drug-likeness (QED) is 0.936. The Labute approximate surface area is 123 Å². The van der Waals surface area contributed by atoms with Crippen molar-refractivity contribution < 1.29 is 9.90 Å². The van der Waals surface area contributed by atoms with E-state index in [1.54, 1.807) is 18.5 Å².